The van der Waals surface area contributed by atoms with Crippen molar-refractivity contribution in [1.82, 2.24) is 9.88 Å². The second-order valence-electron chi connectivity index (χ2n) is 4.03. The first-order chi connectivity index (χ1) is 7.25. The van der Waals surface area contributed by atoms with Gasteiger partial charge in [0.15, 0.2) is 0 Å². The highest BCUT2D eigenvalue weighted by molar-refractivity contribution is 6.30. The summed E-state index contributed by atoms with van der Waals surface area (Å²) in [6.45, 7) is 2.94. The minimum absolute atomic E-state index is 0.000956. The Bertz CT molecular complexity index is 382. The Hall–Kier alpha value is -0.800. The fraction of sp³-hybridized carbons (Fsp3) is 0.545. The Morgan fingerprint density at radius 3 is 2.87 bits per heavy atom. The van der Waals surface area contributed by atoms with Crippen molar-refractivity contribution in [3.8, 4) is 0 Å². The lowest BCUT2D eigenvalue weighted by Crippen LogP contribution is -2.32. The van der Waals surface area contributed by atoms with Gasteiger partial charge in [-0.05, 0) is 37.9 Å². The topological polar surface area (TPSA) is 34.0 Å². The Morgan fingerprint density at radius 2 is 2.20 bits per heavy atom. The van der Waals surface area contributed by atoms with Crippen LogP contribution in [0.5, 0.6) is 0 Å². The summed E-state index contributed by atoms with van der Waals surface area (Å²) >= 11 is 5.74. The number of halogens is 1. The van der Waals surface area contributed by atoms with E-state index in [0.717, 1.165) is 32.5 Å². The van der Waals surface area contributed by atoms with Crippen LogP contribution in [0.4, 0.5) is 0 Å². The summed E-state index contributed by atoms with van der Waals surface area (Å²) in [5.41, 5.74) is 0.000956. The van der Waals surface area contributed by atoms with E-state index in [2.05, 4.69) is 5.32 Å². The van der Waals surface area contributed by atoms with Crippen molar-refractivity contribution in [1.29, 1.82) is 0 Å². The molecule has 0 aliphatic carbocycles. The molecule has 1 aliphatic heterocycles. The van der Waals surface area contributed by atoms with Gasteiger partial charge in [0.2, 0.25) is 0 Å². The number of hydrogen-bond donors (Lipinski definition) is 1. The molecule has 0 amide bonds. The molecule has 1 aromatic rings. The van der Waals surface area contributed by atoms with Crippen LogP contribution in [0.1, 0.15) is 12.8 Å². The predicted molar refractivity (Wildman–Crippen MR) is 61.3 cm³/mol. The zero-order valence-corrected chi connectivity index (χ0v) is 9.33. The third-order valence-electron chi connectivity index (χ3n) is 2.87. The minimum Gasteiger partial charge on any atom is -0.317 e. The van der Waals surface area contributed by atoms with Gasteiger partial charge in [-0.15, -0.1) is 0 Å². The number of nitrogens with one attached hydrogen (secondary N) is 1. The number of nitrogens with zero attached hydrogens (tertiary/aromatic N) is 1. The molecule has 1 N–H and O–H groups in total. The van der Waals surface area contributed by atoms with Crippen molar-refractivity contribution in [2.75, 3.05) is 13.1 Å². The Morgan fingerprint density at radius 1 is 1.47 bits per heavy atom. The molecule has 0 saturated carbocycles. The molecule has 0 bridgehead atoms. The molecule has 0 spiro atoms. The maximum absolute atomic E-state index is 11.6. The van der Waals surface area contributed by atoms with Crippen molar-refractivity contribution in [3.05, 3.63) is 33.7 Å². The number of piperidine rings is 1. The maximum atomic E-state index is 11.6. The van der Waals surface area contributed by atoms with Gasteiger partial charge in [0.25, 0.3) is 5.56 Å². The van der Waals surface area contributed by atoms with E-state index in [0.29, 0.717) is 10.9 Å². The maximum Gasteiger partial charge on any atom is 0.252 e. The van der Waals surface area contributed by atoms with Crippen molar-refractivity contribution >= 4 is 11.6 Å². The molecule has 2 heterocycles. The quantitative estimate of drug-likeness (QED) is 0.830. The highest BCUT2D eigenvalue weighted by Crippen LogP contribution is 2.13. The second kappa shape index (κ2) is 4.81. The molecule has 82 valence electrons. The van der Waals surface area contributed by atoms with E-state index in [1.165, 1.54) is 6.07 Å². The van der Waals surface area contributed by atoms with E-state index in [1.54, 1.807) is 16.8 Å². The van der Waals surface area contributed by atoms with Crippen LogP contribution >= 0.6 is 11.6 Å². The lowest BCUT2D eigenvalue weighted by Gasteiger charge is -2.23. The summed E-state index contributed by atoms with van der Waals surface area (Å²) in [4.78, 5) is 11.6. The summed E-state index contributed by atoms with van der Waals surface area (Å²) in [5, 5.41) is 3.83. The average molecular weight is 227 g/mol. The minimum atomic E-state index is 0.000956. The summed E-state index contributed by atoms with van der Waals surface area (Å²) in [6.07, 6.45) is 4.08. The number of hydrogen-bond acceptors (Lipinski definition) is 2. The van der Waals surface area contributed by atoms with E-state index in [1.807, 2.05) is 0 Å². The van der Waals surface area contributed by atoms with Gasteiger partial charge in [-0.2, -0.15) is 0 Å². The van der Waals surface area contributed by atoms with Crippen LogP contribution in [0.25, 0.3) is 0 Å². The molecular formula is C11H15ClN2O. The van der Waals surface area contributed by atoms with Crippen LogP contribution < -0.4 is 10.9 Å². The predicted octanol–water partition coefficient (Wildman–Crippen LogP) is 1.50. The van der Waals surface area contributed by atoms with Gasteiger partial charge in [0.1, 0.15) is 0 Å². The van der Waals surface area contributed by atoms with Crippen LogP contribution in [0.15, 0.2) is 23.1 Å². The van der Waals surface area contributed by atoms with E-state index >= 15 is 0 Å². The molecule has 4 heteroatoms. The average Bonchev–Trinajstić information content (AvgIpc) is 2.24. The van der Waals surface area contributed by atoms with E-state index < -0.39 is 0 Å². The third kappa shape index (κ3) is 2.83. The summed E-state index contributed by atoms with van der Waals surface area (Å²) in [7, 11) is 0. The van der Waals surface area contributed by atoms with Gasteiger partial charge in [0.05, 0.1) is 0 Å². The van der Waals surface area contributed by atoms with Gasteiger partial charge >= 0.3 is 0 Å². The summed E-state index contributed by atoms with van der Waals surface area (Å²) in [5.74, 6) is 0.616. The van der Waals surface area contributed by atoms with E-state index in [9.17, 15) is 4.79 Å². The number of rotatable bonds is 2. The normalized spacial score (nSPS) is 17.9. The Kier molecular flexibility index (Phi) is 3.44. The van der Waals surface area contributed by atoms with Crippen molar-refractivity contribution in [2.45, 2.75) is 19.4 Å². The first-order valence-corrected chi connectivity index (χ1v) is 5.70. The fourth-order valence-electron chi connectivity index (χ4n) is 1.98. The van der Waals surface area contributed by atoms with Crippen LogP contribution in [-0.2, 0) is 6.54 Å². The first kappa shape index (κ1) is 10.7. The summed E-state index contributed by atoms with van der Waals surface area (Å²) < 4.78 is 1.75. The van der Waals surface area contributed by atoms with Gasteiger partial charge in [-0.25, -0.2) is 0 Å². The molecule has 0 atom stereocenters. The zero-order chi connectivity index (χ0) is 10.7. The number of pyridine rings is 1. The monoisotopic (exact) mass is 226 g/mol. The molecule has 1 aromatic heterocycles. The molecule has 3 nitrogen and oxygen atoms in total. The molecule has 1 saturated heterocycles. The lowest BCUT2D eigenvalue weighted by atomic mass is 9.98. The summed E-state index contributed by atoms with van der Waals surface area (Å²) in [6, 6.07) is 3.24. The van der Waals surface area contributed by atoms with Crippen molar-refractivity contribution < 1.29 is 0 Å². The van der Waals surface area contributed by atoms with Crippen LogP contribution in [-0.4, -0.2) is 17.7 Å². The molecule has 1 aliphatic rings. The molecular weight excluding hydrogens is 212 g/mol. The van der Waals surface area contributed by atoms with Crippen molar-refractivity contribution in [3.63, 3.8) is 0 Å². The Balaban J connectivity index is 2.06. The second-order valence-corrected chi connectivity index (χ2v) is 4.47. The highest BCUT2D eigenvalue weighted by Gasteiger charge is 2.13. The fourth-order valence-corrected chi connectivity index (χ4v) is 2.13. The molecule has 1 fully saturated rings. The molecule has 15 heavy (non-hydrogen) atoms. The third-order valence-corrected chi connectivity index (χ3v) is 3.11. The Labute approximate surface area is 94.1 Å². The van der Waals surface area contributed by atoms with Crippen LogP contribution in [0.2, 0.25) is 5.02 Å². The van der Waals surface area contributed by atoms with Gasteiger partial charge in [0, 0.05) is 23.8 Å². The van der Waals surface area contributed by atoms with E-state index in [4.69, 9.17) is 11.6 Å². The lowest BCUT2D eigenvalue weighted by molar-refractivity contribution is 0.330. The molecule has 0 unspecified atom stereocenters. The molecule has 0 radical (unpaired) electrons. The van der Waals surface area contributed by atoms with Crippen LogP contribution in [0.3, 0.4) is 0 Å². The zero-order valence-electron chi connectivity index (χ0n) is 8.58. The number of aromatic nitrogens is 1. The van der Waals surface area contributed by atoms with Crippen molar-refractivity contribution in [2.24, 2.45) is 5.92 Å². The van der Waals surface area contributed by atoms with Crippen LogP contribution in [0, 0.1) is 5.92 Å². The molecule has 0 aromatic carbocycles. The smallest absolute Gasteiger partial charge is 0.252 e. The largest absolute Gasteiger partial charge is 0.317 e. The first-order valence-electron chi connectivity index (χ1n) is 5.32. The van der Waals surface area contributed by atoms with E-state index in [-0.39, 0.29) is 5.56 Å². The van der Waals surface area contributed by atoms with Gasteiger partial charge < -0.3 is 9.88 Å². The standard InChI is InChI=1S/C11H15ClN2O/c12-10-3-6-14(11(15)7-10)8-9-1-4-13-5-2-9/h3,6-7,9,13H,1-2,4-5,8H2. The van der Waals surface area contributed by atoms with Gasteiger partial charge in [-0.1, -0.05) is 11.6 Å². The highest BCUT2D eigenvalue weighted by atomic mass is 35.5. The van der Waals surface area contributed by atoms with Gasteiger partial charge in [-0.3, -0.25) is 4.79 Å². The molecule has 2 rings (SSSR count). The SMILES string of the molecule is O=c1cc(Cl)ccn1CC1CCNCC1.